The Balaban J connectivity index is 3.11. The molecule has 0 saturated carbocycles. The summed E-state index contributed by atoms with van der Waals surface area (Å²) in [7, 11) is 0. The molecule has 0 spiro atoms. The molecule has 0 aliphatic rings. The summed E-state index contributed by atoms with van der Waals surface area (Å²) in [6, 6.07) is 1.94. The maximum Gasteiger partial charge on any atom is 0.455 e. The minimum atomic E-state index is -5.22. The Morgan fingerprint density at radius 3 is 2.10 bits per heavy atom. The maximum absolute atomic E-state index is 13.0. The van der Waals surface area contributed by atoms with Crippen molar-refractivity contribution in [3.05, 3.63) is 17.7 Å². The molecule has 0 bridgehead atoms. The van der Waals surface area contributed by atoms with Crippen LogP contribution < -0.4 is 20.6 Å². The van der Waals surface area contributed by atoms with Crippen molar-refractivity contribution in [2.24, 2.45) is 0 Å². The van der Waals surface area contributed by atoms with Crippen molar-refractivity contribution < 1.29 is 37.4 Å². The minimum Gasteiger partial charge on any atom is -0.530 e. The maximum atomic E-state index is 13.0. The molecule has 1 heterocycles. The van der Waals surface area contributed by atoms with Crippen LogP contribution >= 0.6 is 0 Å². The highest BCUT2D eigenvalue weighted by molar-refractivity contribution is 6.06. The van der Waals surface area contributed by atoms with Gasteiger partial charge >= 0.3 is 12.3 Å². The molecular formula is C19H26F3N4O5-. The van der Waals surface area contributed by atoms with Crippen LogP contribution in [0.25, 0.3) is 0 Å². The SMILES string of the molecule is CC(C)(C)OC(=O)NCCNc1ccc(C(=O)C(F)(F)F)c(N(C(=O)[O-])C(C)(C)C)n1. The quantitative estimate of drug-likeness (QED) is 0.508. The third-order valence-corrected chi connectivity index (χ3v) is 3.54. The number of nitrogens with zero attached hydrogens (tertiary/aromatic N) is 2. The first kappa shape index (κ1) is 26.0. The number of nitrogens with one attached hydrogen (secondary N) is 2. The topological polar surface area (TPSA) is 124 Å². The van der Waals surface area contributed by atoms with Gasteiger partial charge in [0.05, 0.1) is 5.56 Å². The first-order valence-electron chi connectivity index (χ1n) is 9.28. The molecule has 174 valence electrons. The molecule has 0 fully saturated rings. The zero-order valence-electron chi connectivity index (χ0n) is 18.1. The Morgan fingerprint density at radius 1 is 1.06 bits per heavy atom. The number of anilines is 2. The van der Waals surface area contributed by atoms with E-state index in [0.717, 1.165) is 12.1 Å². The number of ether oxygens (including phenoxy) is 1. The first-order chi connectivity index (χ1) is 13.9. The lowest BCUT2D eigenvalue weighted by Crippen LogP contribution is -2.53. The van der Waals surface area contributed by atoms with E-state index in [9.17, 15) is 32.7 Å². The van der Waals surface area contributed by atoms with Gasteiger partial charge in [-0.2, -0.15) is 13.2 Å². The Bertz CT molecular complexity index is 829. The number of Topliss-reactive ketones (excluding diaryl/α,β-unsaturated/α-hetero) is 1. The van der Waals surface area contributed by atoms with Crippen LogP contribution in [0.2, 0.25) is 0 Å². The van der Waals surface area contributed by atoms with Crippen molar-refractivity contribution in [3.63, 3.8) is 0 Å². The lowest BCUT2D eigenvalue weighted by atomic mass is 10.0. The first-order valence-corrected chi connectivity index (χ1v) is 9.28. The van der Waals surface area contributed by atoms with Crippen molar-refractivity contribution in [1.29, 1.82) is 0 Å². The lowest BCUT2D eigenvalue weighted by Gasteiger charge is -2.37. The fourth-order valence-corrected chi connectivity index (χ4v) is 2.39. The molecule has 0 unspecified atom stereocenters. The number of carboxylic acid groups (broad SMARTS) is 1. The Kier molecular flexibility index (Phi) is 7.88. The third kappa shape index (κ3) is 7.95. The Hall–Kier alpha value is -3.05. The van der Waals surface area contributed by atoms with E-state index in [4.69, 9.17) is 4.74 Å². The van der Waals surface area contributed by atoms with E-state index in [1.54, 1.807) is 20.8 Å². The van der Waals surface area contributed by atoms with E-state index < -0.39 is 46.7 Å². The van der Waals surface area contributed by atoms with Crippen molar-refractivity contribution in [3.8, 4) is 0 Å². The van der Waals surface area contributed by atoms with Crippen LogP contribution in [0.15, 0.2) is 12.1 Å². The molecule has 0 saturated heterocycles. The lowest BCUT2D eigenvalue weighted by molar-refractivity contribution is -0.247. The number of hydrogen-bond acceptors (Lipinski definition) is 7. The number of amides is 2. The number of rotatable bonds is 6. The number of aromatic nitrogens is 1. The van der Waals surface area contributed by atoms with Gasteiger partial charge in [-0.25, -0.2) is 9.78 Å². The largest absolute Gasteiger partial charge is 0.530 e. The fourth-order valence-electron chi connectivity index (χ4n) is 2.39. The van der Waals surface area contributed by atoms with Crippen LogP contribution in [0.5, 0.6) is 0 Å². The van der Waals surface area contributed by atoms with Crippen LogP contribution in [0.3, 0.4) is 0 Å². The van der Waals surface area contributed by atoms with Gasteiger partial charge in [-0.15, -0.1) is 0 Å². The summed E-state index contributed by atoms with van der Waals surface area (Å²) in [6.07, 6.45) is -7.71. The van der Waals surface area contributed by atoms with Gasteiger partial charge in [0.25, 0.3) is 5.78 Å². The minimum absolute atomic E-state index is 0.00443. The van der Waals surface area contributed by atoms with Crippen LogP contribution in [0.4, 0.5) is 34.4 Å². The van der Waals surface area contributed by atoms with E-state index in [-0.39, 0.29) is 18.9 Å². The van der Waals surface area contributed by atoms with Gasteiger partial charge in [-0.1, -0.05) is 0 Å². The number of alkyl carbamates (subject to hydrolysis) is 1. The second-order valence-electron chi connectivity index (χ2n) is 8.52. The van der Waals surface area contributed by atoms with Crippen molar-refractivity contribution in [2.75, 3.05) is 23.3 Å². The molecule has 0 atom stereocenters. The van der Waals surface area contributed by atoms with E-state index >= 15 is 0 Å². The highest BCUT2D eigenvalue weighted by Gasteiger charge is 2.42. The van der Waals surface area contributed by atoms with Gasteiger partial charge in [-0.05, 0) is 53.7 Å². The van der Waals surface area contributed by atoms with E-state index in [0.29, 0.717) is 4.90 Å². The molecule has 1 aromatic rings. The molecule has 1 rings (SSSR count). The second-order valence-corrected chi connectivity index (χ2v) is 8.52. The number of halogens is 3. The van der Waals surface area contributed by atoms with Gasteiger partial charge in [-0.3, -0.25) is 4.79 Å². The smallest absolute Gasteiger partial charge is 0.455 e. The van der Waals surface area contributed by atoms with E-state index in [2.05, 4.69) is 15.6 Å². The molecular weight excluding hydrogens is 421 g/mol. The van der Waals surface area contributed by atoms with Gasteiger partial charge in [0, 0.05) is 18.6 Å². The fraction of sp³-hybridized carbons (Fsp3) is 0.579. The summed E-state index contributed by atoms with van der Waals surface area (Å²) < 4.78 is 44.0. The number of pyridine rings is 1. The molecule has 12 heteroatoms. The highest BCUT2D eigenvalue weighted by Crippen LogP contribution is 2.31. The summed E-state index contributed by atoms with van der Waals surface area (Å²) in [5.74, 6) is -2.95. The van der Waals surface area contributed by atoms with Gasteiger partial charge in [0.15, 0.2) is 0 Å². The second kappa shape index (κ2) is 9.40. The molecule has 0 aliphatic carbocycles. The zero-order valence-corrected chi connectivity index (χ0v) is 18.1. The summed E-state index contributed by atoms with van der Waals surface area (Å²) in [6.45, 7) is 9.50. The van der Waals surface area contributed by atoms with Gasteiger partial charge < -0.3 is 30.2 Å². The number of hydrogen-bond donors (Lipinski definition) is 2. The third-order valence-electron chi connectivity index (χ3n) is 3.54. The number of ketones is 1. The van der Waals surface area contributed by atoms with Crippen molar-refractivity contribution >= 4 is 29.6 Å². The predicted octanol–water partition coefficient (Wildman–Crippen LogP) is 2.71. The average Bonchev–Trinajstić information content (AvgIpc) is 2.54. The van der Waals surface area contributed by atoms with E-state index in [1.807, 2.05) is 0 Å². The average molecular weight is 447 g/mol. The number of carbonyl (C=O) groups excluding carboxylic acids is 3. The molecule has 31 heavy (non-hydrogen) atoms. The van der Waals surface area contributed by atoms with E-state index in [1.165, 1.54) is 20.8 Å². The normalized spacial score (nSPS) is 12.2. The molecule has 0 aromatic carbocycles. The highest BCUT2D eigenvalue weighted by atomic mass is 19.4. The molecule has 0 aliphatic heterocycles. The van der Waals surface area contributed by atoms with Crippen molar-refractivity contribution in [1.82, 2.24) is 10.3 Å². The van der Waals surface area contributed by atoms with Crippen LogP contribution in [-0.2, 0) is 4.74 Å². The Labute approximate surface area is 178 Å². The molecule has 0 radical (unpaired) electrons. The Morgan fingerprint density at radius 2 is 1.65 bits per heavy atom. The summed E-state index contributed by atoms with van der Waals surface area (Å²) in [5.41, 5.74) is -2.86. The molecule has 2 N–H and O–H groups in total. The predicted molar refractivity (Wildman–Crippen MR) is 105 cm³/mol. The van der Waals surface area contributed by atoms with Gasteiger partial charge in [0.2, 0.25) is 0 Å². The van der Waals surface area contributed by atoms with Crippen LogP contribution in [0.1, 0.15) is 51.9 Å². The molecule has 2 amide bonds. The standard InChI is InChI=1S/C19H27F3N4O5/c1-17(2,3)26(16(29)30)14-11(13(27)19(20,21)22)7-8-12(25-14)23-9-10-24-15(28)31-18(4,5)6/h7-8H,9-10H2,1-6H3,(H,23,25)(H,24,28)(H,29,30)/p-1. The zero-order chi connectivity index (χ0) is 24.2. The monoisotopic (exact) mass is 447 g/mol. The molecule has 9 nitrogen and oxygen atoms in total. The van der Waals surface area contributed by atoms with Crippen LogP contribution in [0, 0.1) is 0 Å². The number of alkyl halides is 3. The van der Waals surface area contributed by atoms with Crippen molar-refractivity contribution in [2.45, 2.75) is 58.9 Å². The summed E-state index contributed by atoms with van der Waals surface area (Å²) >= 11 is 0. The van der Waals surface area contributed by atoms with Crippen LogP contribution in [-0.4, -0.2) is 53.4 Å². The molecule has 1 aromatic heterocycles. The number of carbonyl (C=O) groups is 3. The van der Waals surface area contributed by atoms with Gasteiger partial charge in [0.1, 0.15) is 23.3 Å². The summed E-state index contributed by atoms with van der Waals surface area (Å²) in [5, 5.41) is 16.8. The summed E-state index contributed by atoms with van der Waals surface area (Å²) in [4.78, 5) is 39.4.